The van der Waals surface area contributed by atoms with E-state index in [2.05, 4.69) is 20.8 Å². The van der Waals surface area contributed by atoms with Gasteiger partial charge in [0.1, 0.15) is 11.5 Å². The second-order valence-electron chi connectivity index (χ2n) is 5.72. The molecule has 3 heteroatoms. The largest absolute Gasteiger partial charge is 0.497 e. The van der Waals surface area contributed by atoms with Crippen molar-refractivity contribution in [3.8, 4) is 11.5 Å². The predicted octanol–water partition coefficient (Wildman–Crippen LogP) is 3.56. The Kier molecular flexibility index (Phi) is 5.03. The molecule has 1 aromatic carbocycles. The van der Waals surface area contributed by atoms with Gasteiger partial charge in [-0.25, -0.2) is 0 Å². The van der Waals surface area contributed by atoms with E-state index in [9.17, 15) is 5.11 Å². The standard InChI is InChI=1S/C15H24O3/c1-15(2,3)9-8-13(16)12-7-6-11(17-4)10-14(12)18-5/h6-7,10,13,16H,8-9H2,1-5H3. The number of hydrogen-bond acceptors (Lipinski definition) is 3. The molecular weight excluding hydrogens is 228 g/mol. The van der Waals surface area contributed by atoms with Crippen LogP contribution in [0.1, 0.15) is 45.3 Å². The quantitative estimate of drug-likeness (QED) is 0.870. The molecule has 0 saturated heterocycles. The van der Waals surface area contributed by atoms with Crippen molar-refractivity contribution in [1.82, 2.24) is 0 Å². The second kappa shape index (κ2) is 6.10. The van der Waals surface area contributed by atoms with Gasteiger partial charge in [-0.1, -0.05) is 20.8 Å². The lowest BCUT2D eigenvalue weighted by Gasteiger charge is -2.21. The first kappa shape index (κ1) is 14.8. The van der Waals surface area contributed by atoms with E-state index in [-0.39, 0.29) is 5.41 Å². The van der Waals surface area contributed by atoms with Crippen molar-refractivity contribution in [2.75, 3.05) is 14.2 Å². The summed E-state index contributed by atoms with van der Waals surface area (Å²) < 4.78 is 10.4. The van der Waals surface area contributed by atoms with Crippen LogP contribution in [0.4, 0.5) is 0 Å². The summed E-state index contributed by atoms with van der Waals surface area (Å²) in [6.07, 6.45) is 1.19. The average Bonchev–Trinajstić information content (AvgIpc) is 2.34. The second-order valence-corrected chi connectivity index (χ2v) is 5.72. The third kappa shape index (κ3) is 4.22. The van der Waals surface area contributed by atoms with Crippen LogP contribution in [-0.4, -0.2) is 19.3 Å². The van der Waals surface area contributed by atoms with E-state index in [1.165, 1.54) is 0 Å². The van der Waals surface area contributed by atoms with Gasteiger partial charge in [-0.3, -0.25) is 0 Å². The van der Waals surface area contributed by atoms with Crippen LogP contribution in [0.25, 0.3) is 0 Å². The molecule has 0 aliphatic carbocycles. The highest BCUT2D eigenvalue weighted by Crippen LogP contribution is 2.33. The molecule has 0 radical (unpaired) electrons. The van der Waals surface area contributed by atoms with Gasteiger partial charge in [0.15, 0.2) is 0 Å². The third-order valence-corrected chi connectivity index (χ3v) is 2.97. The summed E-state index contributed by atoms with van der Waals surface area (Å²) in [7, 11) is 3.22. The molecule has 0 bridgehead atoms. The monoisotopic (exact) mass is 252 g/mol. The van der Waals surface area contributed by atoms with Crippen molar-refractivity contribution in [1.29, 1.82) is 0 Å². The molecule has 0 fully saturated rings. The lowest BCUT2D eigenvalue weighted by molar-refractivity contribution is 0.144. The number of methoxy groups -OCH3 is 2. The molecule has 1 rings (SSSR count). The summed E-state index contributed by atoms with van der Waals surface area (Å²) in [4.78, 5) is 0. The minimum atomic E-state index is -0.495. The van der Waals surface area contributed by atoms with Crippen molar-refractivity contribution >= 4 is 0 Å². The molecule has 3 nitrogen and oxygen atoms in total. The average molecular weight is 252 g/mol. The zero-order chi connectivity index (χ0) is 13.8. The Balaban J connectivity index is 2.81. The fraction of sp³-hybridized carbons (Fsp3) is 0.600. The first-order chi connectivity index (χ1) is 8.37. The zero-order valence-corrected chi connectivity index (χ0v) is 12.0. The van der Waals surface area contributed by atoms with Gasteiger partial charge in [0, 0.05) is 11.6 Å². The Labute approximate surface area is 110 Å². The van der Waals surface area contributed by atoms with Crippen molar-refractivity contribution in [3.63, 3.8) is 0 Å². The van der Waals surface area contributed by atoms with E-state index in [0.29, 0.717) is 5.75 Å². The Morgan fingerprint density at radius 3 is 2.33 bits per heavy atom. The molecule has 1 unspecified atom stereocenters. The van der Waals surface area contributed by atoms with Crippen molar-refractivity contribution < 1.29 is 14.6 Å². The number of hydrogen-bond donors (Lipinski definition) is 1. The van der Waals surface area contributed by atoms with Gasteiger partial charge in [0.05, 0.1) is 20.3 Å². The summed E-state index contributed by atoms with van der Waals surface area (Å²) in [6.45, 7) is 6.51. The Hall–Kier alpha value is -1.22. The number of aliphatic hydroxyl groups is 1. The molecule has 0 heterocycles. The van der Waals surface area contributed by atoms with Crippen LogP contribution in [-0.2, 0) is 0 Å². The number of aliphatic hydroxyl groups excluding tert-OH is 1. The first-order valence-electron chi connectivity index (χ1n) is 6.27. The van der Waals surface area contributed by atoms with Gasteiger partial charge in [0.2, 0.25) is 0 Å². The summed E-state index contributed by atoms with van der Waals surface area (Å²) in [5, 5.41) is 10.2. The lowest BCUT2D eigenvalue weighted by Crippen LogP contribution is -2.09. The molecule has 0 aromatic heterocycles. The maximum absolute atomic E-state index is 10.2. The van der Waals surface area contributed by atoms with Crippen LogP contribution < -0.4 is 9.47 Å². The van der Waals surface area contributed by atoms with Crippen LogP contribution in [0.15, 0.2) is 18.2 Å². The van der Waals surface area contributed by atoms with E-state index < -0.39 is 6.10 Å². The topological polar surface area (TPSA) is 38.7 Å². The first-order valence-corrected chi connectivity index (χ1v) is 6.27. The minimum absolute atomic E-state index is 0.223. The zero-order valence-electron chi connectivity index (χ0n) is 12.0. The maximum atomic E-state index is 10.2. The maximum Gasteiger partial charge on any atom is 0.128 e. The predicted molar refractivity (Wildman–Crippen MR) is 73.2 cm³/mol. The van der Waals surface area contributed by atoms with Crippen molar-refractivity contribution in [3.05, 3.63) is 23.8 Å². The summed E-state index contributed by atoms with van der Waals surface area (Å²) >= 11 is 0. The fourth-order valence-corrected chi connectivity index (χ4v) is 1.82. The number of ether oxygens (including phenoxy) is 2. The van der Waals surface area contributed by atoms with Crippen LogP contribution in [0.5, 0.6) is 11.5 Å². The molecule has 0 aliphatic heterocycles. The lowest BCUT2D eigenvalue weighted by atomic mass is 9.88. The van der Waals surface area contributed by atoms with Gasteiger partial charge in [0.25, 0.3) is 0 Å². The molecule has 1 atom stereocenters. The van der Waals surface area contributed by atoms with Gasteiger partial charge >= 0.3 is 0 Å². The highest BCUT2D eigenvalue weighted by Gasteiger charge is 2.18. The van der Waals surface area contributed by atoms with E-state index in [1.54, 1.807) is 20.3 Å². The Morgan fingerprint density at radius 2 is 1.83 bits per heavy atom. The summed E-state index contributed by atoms with van der Waals surface area (Å²) in [6, 6.07) is 5.51. The Bertz CT molecular complexity index is 380. The number of benzene rings is 1. The molecular formula is C15H24O3. The minimum Gasteiger partial charge on any atom is -0.497 e. The molecule has 0 saturated carbocycles. The fourth-order valence-electron chi connectivity index (χ4n) is 1.82. The van der Waals surface area contributed by atoms with Crippen molar-refractivity contribution in [2.24, 2.45) is 5.41 Å². The highest BCUT2D eigenvalue weighted by molar-refractivity contribution is 5.41. The Morgan fingerprint density at radius 1 is 1.17 bits per heavy atom. The third-order valence-electron chi connectivity index (χ3n) is 2.97. The van der Waals surface area contributed by atoms with Crippen molar-refractivity contribution in [2.45, 2.75) is 39.7 Å². The van der Waals surface area contributed by atoms with Crippen LogP contribution in [0.3, 0.4) is 0 Å². The molecule has 0 aliphatic rings. The molecule has 1 aromatic rings. The highest BCUT2D eigenvalue weighted by atomic mass is 16.5. The van der Waals surface area contributed by atoms with E-state index in [1.807, 2.05) is 12.1 Å². The number of rotatable bonds is 5. The molecule has 0 amide bonds. The van der Waals surface area contributed by atoms with Gasteiger partial charge < -0.3 is 14.6 Å². The van der Waals surface area contributed by atoms with Crippen LogP contribution >= 0.6 is 0 Å². The molecule has 102 valence electrons. The van der Waals surface area contributed by atoms with Crippen LogP contribution in [0, 0.1) is 5.41 Å². The molecule has 1 N–H and O–H groups in total. The SMILES string of the molecule is COc1ccc(C(O)CCC(C)(C)C)c(OC)c1. The summed E-state index contributed by atoms with van der Waals surface area (Å²) in [5.41, 5.74) is 1.04. The van der Waals surface area contributed by atoms with Gasteiger partial charge in [-0.05, 0) is 30.4 Å². The summed E-state index contributed by atoms with van der Waals surface area (Å²) in [5.74, 6) is 1.41. The van der Waals surface area contributed by atoms with E-state index >= 15 is 0 Å². The molecule has 18 heavy (non-hydrogen) atoms. The van der Waals surface area contributed by atoms with E-state index in [0.717, 1.165) is 24.2 Å². The molecule has 0 spiro atoms. The van der Waals surface area contributed by atoms with E-state index in [4.69, 9.17) is 9.47 Å². The van der Waals surface area contributed by atoms with Gasteiger partial charge in [-0.2, -0.15) is 0 Å². The normalized spacial score (nSPS) is 13.2. The smallest absolute Gasteiger partial charge is 0.128 e. The van der Waals surface area contributed by atoms with Crippen LogP contribution in [0.2, 0.25) is 0 Å². The van der Waals surface area contributed by atoms with Gasteiger partial charge in [-0.15, -0.1) is 0 Å².